The molecular formula is C14H19NO3S. The van der Waals surface area contributed by atoms with Gasteiger partial charge in [-0.2, -0.15) is 0 Å². The standard InChI is InChI=1S/C14H19NO3S/c16-14(18-11-12-5-4-9-17-12)15-8-10-19-13-6-2-1-3-7-13/h1-3,6-7,12H,4-5,8-11H2,(H,15,16)/t12-/m1/s1. The average molecular weight is 281 g/mol. The molecule has 0 aromatic heterocycles. The van der Waals surface area contributed by atoms with E-state index < -0.39 is 0 Å². The molecule has 1 aromatic rings. The normalized spacial score (nSPS) is 18.2. The molecule has 1 atom stereocenters. The fourth-order valence-electron chi connectivity index (χ4n) is 1.83. The van der Waals surface area contributed by atoms with Crippen molar-refractivity contribution in [3.63, 3.8) is 0 Å². The average Bonchev–Trinajstić information content (AvgIpc) is 2.96. The third kappa shape index (κ3) is 5.53. The van der Waals surface area contributed by atoms with E-state index in [9.17, 15) is 4.79 Å². The number of carbonyl (C=O) groups is 1. The van der Waals surface area contributed by atoms with Crippen LogP contribution in [0.1, 0.15) is 12.8 Å². The quantitative estimate of drug-likeness (QED) is 0.643. The summed E-state index contributed by atoms with van der Waals surface area (Å²) in [5, 5.41) is 2.74. The van der Waals surface area contributed by atoms with E-state index in [-0.39, 0.29) is 12.2 Å². The van der Waals surface area contributed by atoms with Gasteiger partial charge in [0.2, 0.25) is 0 Å². The Bertz CT molecular complexity index is 380. The summed E-state index contributed by atoms with van der Waals surface area (Å²) >= 11 is 1.71. The Kier molecular flexibility index (Phi) is 6.04. The summed E-state index contributed by atoms with van der Waals surface area (Å²) in [6.45, 7) is 1.74. The van der Waals surface area contributed by atoms with Crippen LogP contribution in [0.3, 0.4) is 0 Å². The summed E-state index contributed by atoms with van der Waals surface area (Å²) in [4.78, 5) is 12.6. The van der Waals surface area contributed by atoms with Crippen LogP contribution in [0.4, 0.5) is 4.79 Å². The van der Waals surface area contributed by atoms with Gasteiger partial charge in [-0.15, -0.1) is 11.8 Å². The lowest BCUT2D eigenvalue weighted by Gasteiger charge is -2.10. The van der Waals surface area contributed by atoms with Crippen LogP contribution in [0.15, 0.2) is 35.2 Å². The third-order valence-electron chi connectivity index (χ3n) is 2.81. The summed E-state index contributed by atoms with van der Waals surface area (Å²) in [7, 11) is 0. The second kappa shape index (κ2) is 8.07. The Morgan fingerprint density at radius 2 is 2.26 bits per heavy atom. The second-order valence-corrected chi connectivity index (χ2v) is 5.49. The van der Waals surface area contributed by atoms with Crippen molar-refractivity contribution in [3.8, 4) is 0 Å². The lowest BCUT2D eigenvalue weighted by atomic mass is 10.2. The molecule has 0 saturated carbocycles. The number of rotatable bonds is 6. The zero-order valence-electron chi connectivity index (χ0n) is 10.8. The Balaban J connectivity index is 1.51. The molecule has 1 fully saturated rings. The minimum absolute atomic E-state index is 0.0874. The number of thioether (sulfide) groups is 1. The predicted octanol–water partition coefficient (Wildman–Crippen LogP) is 2.68. The molecule has 0 bridgehead atoms. The Morgan fingerprint density at radius 1 is 1.42 bits per heavy atom. The van der Waals surface area contributed by atoms with E-state index in [4.69, 9.17) is 9.47 Å². The molecule has 1 amide bonds. The van der Waals surface area contributed by atoms with Crippen LogP contribution in [-0.4, -0.2) is 37.7 Å². The Labute approximate surface area is 117 Å². The van der Waals surface area contributed by atoms with Gasteiger partial charge in [0.05, 0.1) is 6.10 Å². The molecule has 1 saturated heterocycles. The van der Waals surface area contributed by atoms with E-state index in [1.807, 2.05) is 18.2 Å². The molecule has 0 radical (unpaired) electrons. The van der Waals surface area contributed by atoms with E-state index >= 15 is 0 Å². The molecule has 4 nitrogen and oxygen atoms in total. The third-order valence-corrected chi connectivity index (χ3v) is 3.82. The number of nitrogens with one attached hydrogen (secondary N) is 1. The van der Waals surface area contributed by atoms with E-state index in [0.717, 1.165) is 25.2 Å². The highest BCUT2D eigenvalue weighted by molar-refractivity contribution is 7.99. The van der Waals surface area contributed by atoms with Crippen LogP contribution in [0.25, 0.3) is 0 Å². The first-order chi connectivity index (χ1) is 9.34. The van der Waals surface area contributed by atoms with Gasteiger partial charge in [0.25, 0.3) is 0 Å². The Hall–Kier alpha value is -1.20. The fraction of sp³-hybridized carbons (Fsp3) is 0.500. The number of hydrogen-bond donors (Lipinski definition) is 1. The van der Waals surface area contributed by atoms with Crippen molar-refractivity contribution in [2.75, 3.05) is 25.5 Å². The van der Waals surface area contributed by atoms with Gasteiger partial charge in [0.1, 0.15) is 6.61 Å². The van der Waals surface area contributed by atoms with Crippen LogP contribution in [0.5, 0.6) is 0 Å². The number of alkyl carbamates (subject to hydrolysis) is 1. The van der Waals surface area contributed by atoms with Gasteiger partial charge >= 0.3 is 6.09 Å². The van der Waals surface area contributed by atoms with Crippen molar-refractivity contribution in [2.24, 2.45) is 0 Å². The maximum atomic E-state index is 11.4. The summed E-state index contributed by atoms with van der Waals surface area (Å²) in [6.07, 6.45) is 1.77. The highest BCUT2D eigenvalue weighted by Crippen LogP contribution is 2.15. The van der Waals surface area contributed by atoms with Gasteiger partial charge in [-0.25, -0.2) is 4.79 Å². The SMILES string of the molecule is O=C(NCCSc1ccccc1)OC[C@H]1CCCO1. The molecule has 1 aliphatic heterocycles. The highest BCUT2D eigenvalue weighted by Gasteiger charge is 2.17. The maximum absolute atomic E-state index is 11.4. The molecule has 2 rings (SSSR count). The van der Waals surface area contributed by atoms with Gasteiger partial charge in [0.15, 0.2) is 0 Å². The summed E-state index contributed by atoms with van der Waals surface area (Å²) in [5.41, 5.74) is 0. The lowest BCUT2D eigenvalue weighted by Crippen LogP contribution is -2.29. The number of hydrogen-bond acceptors (Lipinski definition) is 4. The van der Waals surface area contributed by atoms with E-state index in [1.165, 1.54) is 4.90 Å². The van der Waals surface area contributed by atoms with Gasteiger partial charge in [0, 0.05) is 23.8 Å². The number of benzene rings is 1. The van der Waals surface area contributed by atoms with Crippen molar-refractivity contribution < 1.29 is 14.3 Å². The Morgan fingerprint density at radius 3 is 3.00 bits per heavy atom. The first-order valence-electron chi connectivity index (χ1n) is 6.54. The van der Waals surface area contributed by atoms with Crippen molar-refractivity contribution >= 4 is 17.9 Å². The molecule has 0 aliphatic carbocycles. The summed E-state index contributed by atoms with van der Waals surface area (Å²) in [6, 6.07) is 10.1. The van der Waals surface area contributed by atoms with Crippen molar-refractivity contribution in [2.45, 2.75) is 23.8 Å². The molecule has 0 unspecified atom stereocenters. The molecule has 1 heterocycles. The molecule has 19 heavy (non-hydrogen) atoms. The van der Waals surface area contributed by atoms with Crippen molar-refractivity contribution in [1.29, 1.82) is 0 Å². The van der Waals surface area contributed by atoms with Gasteiger partial charge in [-0.3, -0.25) is 0 Å². The second-order valence-electron chi connectivity index (χ2n) is 4.32. The van der Waals surface area contributed by atoms with Gasteiger partial charge in [-0.1, -0.05) is 18.2 Å². The molecular weight excluding hydrogens is 262 g/mol. The van der Waals surface area contributed by atoms with E-state index in [0.29, 0.717) is 13.2 Å². The van der Waals surface area contributed by atoms with Crippen LogP contribution < -0.4 is 5.32 Å². The van der Waals surface area contributed by atoms with E-state index in [1.54, 1.807) is 11.8 Å². The minimum atomic E-state index is -0.357. The smallest absolute Gasteiger partial charge is 0.407 e. The minimum Gasteiger partial charge on any atom is -0.447 e. The van der Waals surface area contributed by atoms with Gasteiger partial charge < -0.3 is 14.8 Å². The molecule has 0 spiro atoms. The largest absolute Gasteiger partial charge is 0.447 e. The van der Waals surface area contributed by atoms with Crippen LogP contribution in [-0.2, 0) is 9.47 Å². The zero-order chi connectivity index (χ0) is 13.3. The van der Waals surface area contributed by atoms with Gasteiger partial charge in [-0.05, 0) is 25.0 Å². The zero-order valence-corrected chi connectivity index (χ0v) is 11.7. The lowest BCUT2D eigenvalue weighted by molar-refractivity contribution is 0.0441. The van der Waals surface area contributed by atoms with Crippen molar-refractivity contribution in [1.82, 2.24) is 5.32 Å². The summed E-state index contributed by atoms with van der Waals surface area (Å²) < 4.78 is 10.5. The highest BCUT2D eigenvalue weighted by atomic mass is 32.2. The molecule has 1 N–H and O–H groups in total. The first-order valence-corrected chi connectivity index (χ1v) is 7.53. The fourth-order valence-corrected chi connectivity index (χ4v) is 2.62. The first kappa shape index (κ1) is 14.2. The number of ether oxygens (including phenoxy) is 2. The van der Waals surface area contributed by atoms with Crippen molar-refractivity contribution in [3.05, 3.63) is 30.3 Å². The predicted molar refractivity (Wildman–Crippen MR) is 75.5 cm³/mol. The molecule has 1 aliphatic rings. The van der Waals surface area contributed by atoms with E-state index in [2.05, 4.69) is 17.4 Å². The number of amides is 1. The molecule has 5 heteroatoms. The molecule has 1 aromatic carbocycles. The topological polar surface area (TPSA) is 47.6 Å². The number of carbonyl (C=O) groups excluding carboxylic acids is 1. The molecule has 104 valence electrons. The van der Waals surface area contributed by atoms with Crippen LogP contribution in [0.2, 0.25) is 0 Å². The summed E-state index contributed by atoms with van der Waals surface area (Å²) in [5.74, 6) is 0.832. The van der Waals surface area contributed by atoms with Crippen LogP contribution >= 0.6 is 11.8 Å². The maximum Gasteiger partial charge on any atom is 0.407 e. The van der Waals surface area contributed by atoms with Crippen LogP contribution in [0, 0.1) is 0 Å². The monoisotopic (exact) mass is 281 g/mol.